The van der Waals surface area contributed by atoms with Crippen molar-refractivity contribution in [3.63, 3.8) is 0 Å². The van der Waals surface area contributed by atoms with Gasteiger partial charge in [-0.25, -0.2) is 9.59 Å². The highest BCUT2D eigenvalue weighted by molar-refractivity contribution is 5.91. The van der Waals surface area contributed by atoms with E-state index in [-0.39, 0.29) is 36.1 Å². The molecule has 4 aliphatic heterocycles. The second kappa shape index (κ2) is 18.3. The number of piperazine rings is 1. The second-order valence-corrected chi connectivity index (χ2v) is 15.3. The maximum absolute atomic E-state index is 14.2. The molecule has 0 unspecified atom stereocenters. The highest BCUT2D eigenvalue weighted by Gasteiger charge is 2.36. The largest absolute Gasteiger partial charge is 0.507 e. The summed E-state index contributed by atoms with van der Waals surface area (Å²) in [5.41, 5.74) is 4.21. The predicted molar refractivity (Wildman–Crippen MR) is 206 cm³/mol. The third-order valence-corrected chi connectivity index (χ3v) is 11.6. The number of benzene rings is 2. The molecule has 13 heteroatoms. The molecule has 4 aliphatic rings. The molecule has 1 atom stereocenters. The van der Waals surface area contributed by atoms with Crippen molar-refractivity contribution in [2.24, 2.45) is 0 Å². The average molecular weight is 747 g/mol. The van der Waals surface area contributed by atoms with Crippen molar-refractivity contribution >= 4 is 29.7 Å². The van der Waals surface area contributed by atoms with Crippen LogP contribution in [0.3, 0.4) is 0 Å². The van der Waals surface area contributed by atoms with E-state index in [1.165, 1.54) is 0 Å². The number of nitrogens with zero attached hydrogens (tertiary/aromatic N) is 5. The lowest BCUT2D eigenvalue weighted by molar-refractivity contribution is -0.144. The number of hydrogen-bond donors (Lipinski definition) is 2. The number of fused-ring (bicyclic) bond motifs is 1. The van der Waals surface area contributed by atoms with E-state index in [2.05, 4.69) is 15.1 Å². The highest BCUT2D eigenvalue weighted by atomic mass is 16.6. The molecule has 54 heavy (non-hydrogen) atoms. The Morgan fingerprint density at radius 2 is 1.54 bits per heavy atom. The molecule has 2 N–H and O–H groups in total. The lowest BCUT2D eigenvalue weighted by Crippen LogP contribution is -2.56. The standard InChI is InChI=1S/C41H58N6O7/c1-4-25-53-37(48)14-17-43-15-10-33(11-16-43)44-21-23-45(24-22-44)39(50)36(28-31-26-29(2)38(49)30(3)27-31)54-41(52)46-18-12-34(13-19-46)47-20-9-32-7-5-6-8-35(32)42-40(47)51/h5-8,26-27,33-34,36,49H,4,9-25,28H2,1-3H3,(H,42,51)/t36-/m1/s1. The van der Waals surface area contributed by atoms with Crippen LogP contribution in [0.5, 0.6) is 5.75 Å². The summed E-state index contributed by atoms with van der Waals surface area (Å²) in [5, 5.41) is 13.4. The second-order valence-electron chi connectivity index (χ2n) is 15.3. The Kier molecular flexibility index (Phi) is 13.3. The normalized spacial score (nSPS) is 19.8. The van der Waals surface area contributed by atoms with Crippen LogP contribution in [-0.4, -0.2) is 144 Å². The smallest absolute Gasteiger partial charge is 0.410 e. The van der Waals surface area contributed by atoms with E-state index < -0.39 is 12.2 Å². The molecule has 2 aromatic rings. The van der Waals surface area contributed by atoms with Crippen molar-refractivity contribution in [3.05, 3.63) is 58.7 Å². The summed E-state index contributed by atoms with van der Waals surface area (Å²) < 4.78 is 11.3. The number of piperidine rings is 2. The Bertz CT molecular complexity index is 1610. The van der Waals surface area contributed by atoms with Gasteiger partial charge in [0.1, 0.15) is 5.75 Å². The number of anilines is 1. The maximum atomic E-state index is 14.2. The molecule has 2 aromatic carbocycles. The van der Waals surface area contributed by atoms with Crippen LogP contribution in [0.1, 0.15) is 67.7 Å². The molecule has 0 saturated carbocycles. The van der Waals surface area contributed by atoms with Crippen LogP contribution in [0.4, 0.5) is 15.3 Å². The van der Waals surface area contributed by atoms with Gasteiger partial charge in [-0.15, -0.1) is 0 Å². The number of carbonyl (C=O) groups excluding carboxylic acids is 4. The van der Waals surface area contributed by atoms with Gasteiger partial charge in [0, 0.05) is 76.5 Å². The Morgan fingerprint density at radius 3 is 2.22 bits per heavy atom. The number of urea groups is 1. The van der Waals surface area contributed by atoms with E-state index >= 15 is 0 Å². The molecule has 0 aliphatic carbocycles. The molecule has 0 radical (unpaired) electrons. The summed E-state index contributed by atoms with van der Waals surface area (Å²) in [6.45, 7) is 12.8. The van der Waals surface area contributed by atoms with Gasteiger partial charge in [-0.2, -0.15) is 0 Å². The summed E-state index contributed by atoms with van der Waals surface area (Å²) in [6, 6.07) is 11.9. The van der Waals surface area contributed by atoms with Gasteiger partial charge in [0.2, 0.25) is 0 Å². The fourth-order valence-corrected chi connectivity index (χ4v) is 8.41. The number of ether oxygens (including phenoxy) is 2. The Morgan fingerprint density at radius 1 is 0.870 bits per heavy atom. The minimum atomic E-state index is -1.01. The summed E-state index contributed by atoms with van der Waals surface area (Å²) in [4.78, 5) is 63.1. The first-order valence-corrected chi connectivity index (χ1v) is 19.9. The molecule has 0 spiro atoms. The molecule has 4 amide bonds. The average Bonchev–Trinajstić information content (AvgIpc) is 3.36. The van der Waals surface area contributed by atoms with Crippen molar-refractivity contribution in [2.75, 3.05) is 77.4 Å². The van der Waals surface area contributed by atoms with Crippen LogP contribution in [0.25, 0.3) is 0 Å². The quantitative estimate of drug-likeness (QED) is 0.318. The van der Waals surface area contributed by atoms with E-state index in [0.29, 0.717) is 75.8 Å². The number of hydrogen-bond acceptors (Lipinski definition) is 9. The third kappa shape index (κ3) is 9.84. The van der Waals surface area contributed by atoms with Gasteiger partial charge >= 0.3 is 18.1 Å². The van der Waals surface area contributed by atoms with Gasteiger partial charge in [-0.05, 0) is 93.8 Å². The number of aromatic hydroxyl groups is 1. The Hall–Kier alpha value is -4.36. The number of nitrogens with one attached hydrogen (secondary N) is 1. The van der Waals surface area contributed by atoms with E-state index in [9.17, 15) is 24.3 Å². The lowest BCUT2D eigenvalue weighted by atomic mass is 10.00. The predicted octanol–water partition coefficient (Wildman–Crippen LogP) is 4.56. The summed E-state index contributed by atoms with van der Waals surface area (Å²) >= 11 is 0. The molecule has 4 heterocycles. The van der Waals surface area contributed by atoms with Crippen molar-refractivity contribution in [3.8, 4) is 5.75 Å². The number of rotatable bonds is 11. The van der Waals surface area contributed by atoms with Crippen molar-refractivity contribution in [2.45, 2.75) is 90.3 Å². The van der Waals surface area contributed by atoms with Crippen LogP contribution in [0, 0.1) is 13.8 Å². The van der Waals surface area contributed by atoms with Crippen molar-refractivity contribution in [1.29, 1.82) is 0 Å². The minimum absolute atomic E-state index is 0.00150. The van der Waals surface area contributed by atoms with E-state index in [1.807, 2.05) is 67.0 Å². The van der Waals surface area contributed by atoms with Gasteiger partial charge < -0.3 is 39.5 Å². The highest BCUT2D eigenvalue weighted by Crippen LogP contribution is 2.27. The zero-order chi connectivity index (χ0) is 38.2. The van der Waals surface area contributed by atoms with Gasteiger partial charge in [0.05, 0.1) is 13.0 Å². The Balaban J connectivity index is 1.02. The van der Waals surface area contributed by atoms with Crippen LogP contribution in [0.2, 0.25) is 0 Å². The van der Waals surface area contributed by atoms with Crippen LogP contribution in [0.15, 0.2) is 36.4 Å². The molecule has 0 bridgehead atoms. The van der Waals surface area contributed by atoms with Gasteiger partial charge in [0.15, 0.2) is 6.10 Å². The zero-order valence-electron chi connectivity index (χ0n) is 32.3. The van der Waals surface area contributed by atoms with Crippen LogP contribution in [-0.2, 0) is 31.9 Å². The Labute approximate surface area is 319 Å². The minimum Gasteiger partial charge on any atom is -0.507 e. The molecular weight excluding hydrogens is 688 g/mol. The fraction of sp³-hybridized carbons (Fsp3) is 0.610. The number of phenols is 1. The van der Waals surface area contributed by atoms with Crippen molar-refractivity contribution in [1.82, 2.24) is 24.5 Å². The number of para-hydroxylation sites is 1. The lowest BCUT2D eigenvalue weighted by Gasteiger charge is -2.43. The van der Waals surface area contributed by atoms with E-state index in [1.54, 1.807) is 4.90 Å². The summed E-state index contributed by atoms with van der Waals surface area (Å²) in [5.74, 6) is -0.110. The van der Waals surface area contributed by atoms with Gasteiger partial charge in [-0.1, -0.05) is 37.3 Å². The molecule has 13 nitrogen and oxygen atoms in total. The first-order chi connectivity index (χ1) is 26.1. The van der Waals surface area contributed by atoms with Gasteiger partial charge in [0.25, 0.3) is 5.91 Å². The molecule has 3 fully saturated rings. The number of esters is 1. The molecular formula is C41H58N6O7. The molecule has 0 aromatic heterocycles. The monoisotopic (exact) mass is 746 g/mol. The van der Waals surface area contributed by atoms with E-state index in [0.717, 1.165) is 75.2 Å². The molecule has 3 saturated heterocycles. The number of phenolic OH excluding ortho intramolecular Hbond substituents is 1. The first kappa shape index (κ1) is 39.3. The summed E-state index contributed by atoms with van der Waals surface area (Å²) in [7, 11) is 0. The van der Waals surface area contributed by atoms with Crippen LogP contribution < -0.4 is 5.32 Å². The number of aryl methyl sites for hydroxylation is 2. The number of likely N-dealkylation sites (tertiary alicyclic amines) is 2. The SMILES string of the molecule is CCCOC(=O)CCN1CCC(N2CCN(C(=O)[C@@H](Cc3cc(C)c(O)c(C)c3)OC(=O)N3CCC(N4CCc5ccccc5NC4=O)CC3)CC2)CC1. The first-order valence-electron chi connectivity index (χ1n) is 19.9. The van der Waals surface area contributed by atoms with E-state index in [4.69, 9.17) is 9.47 Å². The third-order valence-electron chi connectivity index (χ3n) is 11.6. The number of amides is 4. The summed E-state index contributed by atoms with van der Waals surface area (Å²) in [6.07, 6.45) is 3.99. The molecule has 6 rings (SSSR count). The van der Waals surface area contributed by atoms with Crippen molar-refractivity contribution < 1.29 is 33.8 Å². The fourth-order valence-electron chi connectivity index (χ4n) is 8.41. The zero-order valence-corrected chi connectivity index (χ0v) is 32.3. The number of carbonyl (C=O) groups is 4. The van der Waals surface area contributed by atoms with Crippen LogP contribution >= 0.6 is 0 Å². The van der Waals surface area contributed by atoms with Gasteiger partial charge in [-0.3, -0.25) is 14.5 Å². The maximum Gasteiger partial charge on any atom is 0.410 e. The topological polar surface area (TPSA) is 135 Å². The molecule has 294 valence electrons.